The Morgan fingerprint density at radius 2 is 2.26 bits per heavy atom. The summed E-state index contributed by atoms with van der Waals surface area (Å²) in [4.78, 5) is 27.2. The zero-order chi connectivity index (χ0) is 17.2. The number of H-pyrrole nitrogens is 1. The van der Waals surface area contributed by atoms with Crippen LogP contribution in [0, 0.1) is 6.92 Å². The summed E-state index contributed by atoms with van der Waals surface area (Å²) in [7, 11) is 0. The van der Waals surface area contributed by atoms with Gasteiger partial charge in [-0.1, -0.05) is 0 Å². The first-order valence-corrected chi connectivity index (χ1v) is 9.62. The standard InChI is InChI=1S/C17H22N6OS.2ClH/c1-11-7-19-15-14(11)16(22-10-21-15)23-5-6-25-13(9-23)17(24)20-8-12-3-2-4-18-12;;/h7,9-10,12,18H,2-6,8H2,1H3,(H,20,24)(H,19,21,22);2*1H/t12-;;/m0../s1. The zero-order valence-corrected chi connectivity index (χ0v) is 17.5. The molecule has 1 amide bonds. The van der Waals surface area contributed by atoms with E-state index < -0.39 is 0 Å². The molecule has 4 heterocycles. The molecule has 0 saturated carbocycles. The maximum atomic E-state index is 12.5. The van der Waals surface area contributed by atoms with Gasteiger partial charge < -0.3 is 20.5 Å². The molecule has 27 heavy (non-hydrogen) atoms. The molecule has 0 bridgehead atoms. The summed E-state index contributed by atoms with van der Waals surface area (Å²) in [6.45, 7) is 4.59. The number of amides is 1. The number of fused-ring (bicyclic) bond motifs is 1. The van der Waals surface area contributed by atoms with Crippen LogP contribution < -0.4 is 15.5 Å². The number of carbonyl (C=O) groups is 1. The van der Waals surface area contributed by atoms with Crippen LogP contribution in [-0.2, 0) is 4.79 Å². The number of anilines is 1. The van der Waals surface area contributed by atoms with Gasteiger partial charge in [-0.25, -0.2) is 9.97 Å². The molecule has 2 aliphatic rings. The molecule has 2 aliphatic heterocycles. The summed E-state index contributed by atoms with van der Waals surface area (Å²) in [5, 5.41) is 7.47. The summed E-state index contributed by atoms with van der Waals surface area (Å²) in [6, 6.07) is 0.401. The van der Waals surface area contributed by atoms with Crippen molar-refractivity contribution in [1.29, 1.82) is 0 Å². The maximum Gasteiger partial charge on any atom is 0.259 e. The monoisotopic (exact) mass is 430 g/mol. The number of carbonyl (C=O) groups excluding carboxylic acids is 1. The average molecular weight is 431 g/mol. The van der Waals surface area contributed by atoms with Crippen molar-refractivity contribution < 1.29 is 4.79 Å². The Morgan fingerprint density at radius 1 is 1.41 bits per heavy atom. The number of halogens is 2. The highest BCUT2D eigenvalue weighted by Gasteiger charge is 2.22. The van der Waals surface area contributed by atoms with Crippen molar-refractivity contribution in [3.05, 3.63) is 29.2 Å². The quantitative estimate of drug-likeness (QED) is 0.689. The minimum atomic E-state index is -0.000472. The lowest BCUT2D eigenvalue weighted by atomic mass is 10.2. The highest BCUT2D eigenvalue weighted by atomic mass is 35.5. The smallest absolute Gasteiger partial charge is 0.259 e. The third-order valence-corrected chi connectivity index (χ3v) is 5.67. The third-order valence-electron chi connectivity index (χ3n) is 4.68. The minimum absolute atomic E-state index is 0. The average Bonchev–Trinajstić information content (AvgIpc) is 3.30. The molecule has 2 aromatic rings. The fourth-order valence-corrected chi connectivity index (χ4v) is 4.25. The molecule has 4 rings (SSSR count). The van der Waals surface area contributed by atoms with Gasteiger partial charge in [0.1, 0.15) is 17.8 Å². The van der Waals surface area contributed by atoms with Gasteiger partial charge in [0.15, 0.2) is 0 Å². The first-order valence-electron chi connectivity index (χ1n) is 8.64. The van der Waals surface area contributed by atoms with Gasteiger partial charge in [0, 0.05) is 37.3 Å². The first-order chi connectivity index (χ1) is 12.2. The lowest BCUT2D eigenvalue weighted by molar-refractivity contribution is -0.116. The van der Waals surface area contributed by atoms with Gasteiger partial charge in [0.05, 0.1) is 10.3 Å². The lowest BCUT2D eigenvalue weighted by Crippen LogP contribution is -2.38. The van der Waals surface area contributed by atoms with E-state index in [2.05, 4.69) is 30.5 Å². The van der Waals surface area contributed by atoms with Crippen LogP contribution in [0.5, 0.6) is 0 Å². The van der Waals surface area contributed by atoms with Crippen LogP contribution in [0.3, 0.4) is 0 Å². The second kappa shape index (κ2) is 9.64. The van der Waals surface area contributed by atoms with Crippen LogP contribution in [-0.4, -0.2) is 52.3 Å². The van der Waals surface area contributed by atoms with Crippen molar-refractivity contribution in [2.75, 3.05) is 30.3 Å². The summed E-state index contributed by atoms with van der Waals surface area (Å²) < 4.78 is 0. The van der Waals surface area contributed by atoms with E-state index in [4.69, 9.17) is 0 Å². The van der Waals surface area contributed by atoms with Crippen molar-refractivity contribution in [2.24, 2.45) is 0 Å². The van der Waals surface area contributed by atoms with Crippen molar-refractivity contribution in [1.82, 2.24) is 25.6 Å². The SMILES string of the molecule is Cc1c[nH]c2ncnc(N3C=C(C(=O)NC[C@@H]4CCCN4)SCC3)c12.Cl.Cl. The summed E-state index contributed by atoms with van der Waals surface area (Å²) in [5.41, 5.74) is 1.93. The molecule has 0 unspecified atom stereocenters. The second-order valence-electron chi connectivity index (χ2n) is 6.43. The predicted octanol–water partition coefficient (Wildman–Crippen LogP) is 2.37. The number of nitrogens with zero attached hydrogens (tertiary/aromatic N) is 3. The summed E-state index contributed by atoms with van der Waals surface area (Å²) in [5.74, 6) is 1.71. The second-order valence-corrected chi connectivity index (χ2v) is 7.57. The van der Waals surface area contributed by atoms with Crippen molar-refractivity contribution in [2.45, 2.75) is 25.8 Å². The fraction of sp³-hybridized carbons (Fsp3) is 0.471. The highest BCUT2D eigenvalue weighted by Crippen LogP contribution is 2.30. The number of aryl methyl sites for hydroxylation is 1. The minimum Gasteiger partial charge on any atom is -0.350 e. The van der Waals surface area contributed by atoms with Gasteiger partial charge in [-0.3, -0.25) is 4.79 Å². The van der Waals surface area contributed by atoms with Crippen molar-refractivity contribution >= 4 is 59.3 Å². The fourth-order valence-electron chi connectivity index (χ4n) is 3.34. The molecule has 0 spiro atoms. The maximum absolute atomic E-state index is 12.5. The van der Waals surface area contributed by atoms with E-state index in [9.17, 15) is 4.79 Å². The molecule has 0 radical (unpaired) electrons. The van der Waals surface area contributed by atoms with Gasteiger partial charge in [0.2, 0.25) is 0 Å². The Morgan fingerprint density at radius 3 is 3.04 bits per heavy atom. The first kappa shape index (κ1) is 21.8. The molecule has 148 valence electrons. The Bertz CT molecular complexity index is 821. The number of aromatic amines is 1. The van der Waals surface area contributed by atoms with Gasteiger partial charge in [-0.05, 0) is 31.9 Å². The largest absolute Gasteiger partial charge is 0.350 e. The van der Waals surface area contributed by atoms with Crippen molar-refractivity contribution in [3.8, 4) is 0 Å². The number of thioether (sulfide) groups is 1. The highest BCUT2D eigenvalue weighted by molar-refractivity contribution is 8.04. The Balaban J connectivity index is 0.00000131. The van der Waals surface area contributed by atoms with Crippen LogP contribution in [0.15, 0.2) is 23.6 Å². The van der Waals surface area contributed by atoms with E-state index >= 15 is 0 Å². The number of rotatable bonds is 4. The molecule has 3 N–H and O–H groups in total. The Hall–Kier alpha value is -1.48. The molecule has 0 aromatic carbocycles. The number of aromatic nitrogens is 3. The van der Waals surface area contributed by atoms with Gasteiger partial charge in [0.25, 0.3) is 5.91 Å². The molecule has 10 heteroatoms. The lowest BCUT2D eigenvalue weighted by Gasteiger charge is -2.26. The summed E-state index contributed by atoms with van der Waals surface area (Å²) in [6.07, 6.45) is 7.73. The molecule has 1 fully saturated rings. The van der Waals surface area contributed by atoms with Crippen LogP contribution in [0.2, 0.25) is 0 Å². The molecule has 2 aromatic heterocycles. The van der Waals surface area contributed by atoms with E-state index in [0.717, 1.165) is 52.6 Å². The molecule has 1 saturated heterocycles. The Labute approximate surface area is 175 Å². The van der Waals surface area contributed by atoms with E-state index in [1.807, 2.05) is 19.3 Å². The van der Waals surface area contributed by atoms with Crippen LogP contribution in [0.4, 0.5) is 5.82 Å². The van der Waals surface area contributed by atoms with Gasteiger partial charge in [-0.2, -0.15) is 0 Å². The molecule has 7 nitrogen and oxygen atoms in total. The third kappa shape index (κ3) is 4.68. The van der Waals surface area contributed by atoms with E-state index in [1.165, 1.54) is 6.42 Å². The Kier molecular flexibility index (Phi) is 7.79. The zero-order valence-electron chi connectivity index (χ0n) is 15.0. The number of nitrogens with one attached hydrogen (secondary N) is 3. The molecular formula is C17H24Cl2N6OS. The van der Waals surface area contributed by atoms with Gasteiger partial charge in [-0.15, -0.1) is 36.6 Å². The predicted molar refractivity (Wildman–Crippen MR) is 115 cm³/mol. The van der Waals surface area contributed by atoms with Crippen molar-refractivity contribution in [3.63, 3.8) is 0 Å². The summed E-state index contributed by atoms with van der Waals surface area (Å²) >= 11 is 1.60. The normalized spacial score (nSPS) is 19.2. The number of hydrogen-bond donors (Lipinski definition) is 3. The van der Waals surface area contributed by atoms with E-state index in [1.54, 1.807) is 18.1 Å². The topological polar surface area (TPSA) is 85.9 Å². The van der Waals surface area contributed by atoms with Gasteiger partial charge >= 0.3 is 0 Å². The van der Waals surface area contributed by atoms with Crippen LogP contribution in [0.25, 0.3) is 11.0 Å². The molecule has 1 atom stereocenters. The molecular weight excluding hydrogens is 407 g/mol. The van der Waals surface area contributed by atoms with E-state index in [-0.39, 0.29) is 30.7 Å². The molecule has 0 aliphatic carbocycles. The number of hydrogen-bond acceptors (Lipinski definition) is 6. The van der Waals surface area contributed by atoms with E-state index in [0.29, 0.717) is 12.6 Å². The van der Waals surface area contributed by atoms with Crippen LogP contribution >= 0.6 is 36.6 Å². The van der Waals surface area contributed by atoms with Crippen LogP contribution in [0.1, 0.15) is 18.4 Å².